The van der Waals surface area contributed by atoms with E-state index in [1.165, 1.54) is 32.9 Å². The summed E-state index contributed by atoms with van der Waals surface area (Å²) in [7, 11) is 0. The molecule has 0 saturated carbocycles. The number of esters is 2. The molecule has 0 radical (unpaired) electrons. The van der Waals surface area contributed by atoms with Crippen molar-refractivity contribution in [3.05, 3.63) is 40.5 Å². The second kappa shape index (κ2) is 10.7. The van der Waals surface area contributed by atoms with E-state index in [4.69, 9.17) is 9.47 Å². The molecule has 0 heterocycles. The smallest absolute Gasteiger partial charge is 0.345 e. The van der Waals surface area contributed by atoms with E-state index < -0.39 is 11.9 Å². The Morgan fingerprint density at radius 3 is 1.57 bits per heavy atom. The van der Waals surface area contributed by atoms with Gasteiger partial charge in [-0.25, -0.2) is 4.79 Å². The molecule has 0 fully saturated rings. The summed E-state index contributed by atoms with van der Waals surface area (Å²) in [6, 6.07) is 6.26. The summed E-state index contributed by atoms with van der Waals surface area (Å²) in [5, 5.41) is 5.39. The molecule has 0 atom stereocenters. The number of rotatable bonds is 5. The highest BCUT2D eigenvalue weighted by atomic mass is 127. The van der Waals surface area contributed by atoms with E-state index in [0.717, 1.165) is 0 Å². The molecule has 8 nitrogen and oxygen atoms in total. The Kier molecular flexibility index (Phi) is 8.84. The Morgan fingerprint density at radius 2 is 1.17 bits per heavy atom. The molecule has 0 aliphatic heterocycles. The number of carbonyl (C=O) groups excluding carboxylic acids is 4. The van der Waals surface area contributed by atoms with Gasteiger partial charge in [0.05, 0.1) is 27.6 Å². The molecule has 0 unspecified atom stereocenters. The quantitative estimate of drug-likeness (QED) is 0.264. The van der Waals surface area contributed by atoms with Crippen molar-refractivity contribution < 1.29 is 28.7 Å². The van der Waals surface area contributed by atoms with Gasteiger partial charge >= 0.3 is 11.9 Å². The topological polar surface area (TPSA) is 111 Å². The molecule has 2 N–H and O–H groups in total. The lowest BCUT2D eigenvalue weighted by molar-refractivity contribution is -0.132. The molecule has 11 heteroatoms. The van der Waals surface area contributed by atoms with Gasteiger partial charge < -0.3 is 20.1 Å². The Balaban J connectivity index is 2.60. The van der Waals surface area contributed by atoms with Crippen LogP contribution in [0.3, 0.4) is 0 Å². The van der Waals surface area contributed by atoms with E-state index in [1.807, 2.05) is 67.8 Å². The molecular weight excluding hydrogens is 733 g/mol. The highest BCUT2D eigenvalue weighted by Crippen LogP contribution is 2.39. The van der Waals surface area contributed by atoms with Crippen LogP contribution in [0.15, 0.2) is 24.3 Å². The summed E-state index contributed by atoms with van der Waals surface area (Å²) in [5.41, 5.74) is 0.919. The highest BCUT2D eigenvalue weighted by Gasteiger charge is 2.27. The van der Waals surface area contributed by atoms with Gasteiger partial charge in [-0.1, -0.05) is 12.1 Å². The molecule has 0 bridgehead atoms. The van der Waals surface area contributed by atoms with E-state index in [9.17, 15) is 19.2 Å². The van der Waals surface area contributed by atoms with Crippen LogP contribution in [0.4, 0.5) is 11.4 Å². The van der Waals surface area contributed by atoms with Crippen molar-refractivity contribution >= 4 is 103 Å². The highest BCUT2D eigenvalue weighted by molar-refractivity contribution is 14.1. The third-order valence-electron chi connectivity index (χ3n) is 3.43. The fraction of sp³-hybridized carbons (Fsp3) is 0.158. The van der Waals surface area contributed by atoms with E-state index >= 15 is 0 Å². The number of ether oxygens (including phenoxy) is 2. The number of para-hydroxylation sites is 2. The number of anilines is 2. The average Bonchev–Trinajstić information content (AvgIpc) is 2.63. The van der Waals surface area contributed by atoms with E-state index in [0.29, 0.717) is 22.1 Å². The number of halogens is 3. The van der Waals surface area contributed by atoms with Crippen LogP contribution >= 0.6 is 67.8 Å². The zero-order valence-electron chi connectivity index (χ0n) is 15.9. The van der Waals surface area contributed by atoms with Crippen molar-refractivity contribution in [1.82, 2.24) is 0 Å². The Morgan fingerprint density at radius 1 is 0.733 bits per heavy atom. The van der Waals surface area contributed by atoms with Gasteiger partial charge in [-0.15, -0.1) is 0 Å². The number of amides is 2. The first-order valence-corrected chi connectivity index (χ1v) is 11.5. The van der Waals surface area contributed by atoms with E-state index in [-0.39, 0.29) is 28.9 Å². The minimum absolute atomic E-state index is 0.0602. The molecule has 2 amide bonds. The second-order valence-electron chi connectivity index (χ2n) is 5.86. The van der Waals surface area contributed by atoms with Gasteiger partial charge in [0.25, 0.3) is 0 Å². The van der Waals surface area contributed by atoms with Crippen molar-refractivity contribution in [2.24, 2.45) is 0 Å². The molecule has 2 rings (SSSR count). The third kappa shape index (κ3) is 6.03. The maximum absolute atomic E-state index is 13.1. The van der Waals surface area contributed by atoms with Gasteiger partial charge in [-0.3, -0.25) is 14.4 Å². The summed E-state index contributed by atoms with van der Waals surface area (Å²) in [5.74, 6) is -1.81. The fourth-order valence-electron chi connectivity index (χ4n) is 2.34. The SMILES string of the molecule is CC(=O)Nc1c(I)c(NC(C)=O)c(I)c(C(=O)Oc2ccccc2OC(C)=O)c1I. The van der Waals surface area contributed by atoms with Gasteiger partial charge in [-0.05, 0) is 79.9 Å². The maximum Gasteiger partial charge on any atom is 0.345 e. The summed E-state index contributed by atoms with van der Waals surface area (Å²) in [6.45, 7) is 3.92. The molecule has 0 aliphatic carbocycles. The third-order valence-corrected chi connectivity index (χ3v) is 6.66. The van der Waals surface area contributed by atoms with Gasteiger partial charge in [0.15, 0.2) is 11.5 Å². The largest absolute Gasteiger partial charge is 0.423 e. The summed E-state index contributed by atoms with van der Waals surface area (Å²) in [4.78, 5) is 47.8. The summed E-state index contributed by atoms with van der Waals surface area (Å²) in [6.07, 6.45) is 0. The molecule has 0 saturated heterocycles. The summed E-state index contributed by atoms with van der Waals surface area (Å²) < 4.78 is 12.0. The average molecular weight is 748 g/mol. The van der Waals surface area contributed by atoms with Crippen LogP contribution in [0, 0.1) is 10.7 Å². The predicted octanol–water partition coefficient (Wildman–Crippen LogP) is 4.56. The molecule has 2 aromatic rings. The Labute approximate surface area is 213 Å². The number of hydrogen-bond donors (Lipinski definition) is 2. The van der Waals surface area contributed by atoms with Crippen LogP contribution in [-0.2, 0) is 14.4 Å². The minimum atomic E-state index is -0.738. The molecule has 0 aliphatic rings. The van der Waals surface area contributed by atoms with E-state index in [2.05, 4.69) is 10.6 Å². The van der Waals surface area contributed by atoms with Crippen LogP contribution in [0.5, 0.6) is 11.5 Å². The van der Waals surface area contributed by atoms with E-state index in [1.54, 1.807) is 12.1 Å². The number of nitrogens with one attached hydrogen (secondary N) is 2. The normalized spacial score (nSPS) is 10.2. The molecule has 0 spiro atoms. The first-order chi connectivity index (χ1) is 14.0. The first-order valence-electron chi connectivity index (χ1n) is 8.28. The van der Waals surface area contributed by atoms with Crippen LogP contribution in [0.25, 0.3) is 0 Å². The number of carbonyl (C=O) groups is 4. The van der Waals surface area contributed by atoms with Crippen molar-refractivity contribution in [2.45, 2.75) is 20.8 Å². The Hall–Kier alpha value is -1.49. The standard InChI is InChI=1S/C19H15I3N2O6/c1-8(25)23-17-14(20)13(15(21)18(16(17)22)24-9(2)26)19(28)30-12-7-5-4-6-11(12)29-10(3)27/h4-7H,1-3H3,(H,23,25)(H,24,26). The molecular formula is C19H15I3N2O6. The lowest BCUT2D eigenvalue weighted by atomic mass is 10.1. The lowest BCUT2D eigenvalue weighted by Crippen LogP contribution is -2.20. The zero-order valence-corrected chi connectivity index (χ0v) is 22.4. The first kappa shape index (κ1) is 24.8. The van der Waals surface area contributed by atoms with Crippen molar-refractivity contribution in [2.75, 3.05) is 10.6 Å². The van der Waals surface area contributed by atoms with Crippen LogP contribution in [-0.4, -0.2) is 23.8 Å². The van der Waals surface area contributed by atoms with Crippen molar-refractivity contribution in [3.63, 3.8) is 0 Å². The van der Waals surface area contributed by atoms with Crippen LogP contribution in [0.1, 0.15) is 31.1 Å². The maximum atomic E-state index is 13.1. The van der Waals surface area contributed by atoms with Gasteiger partial charge in [0.1, 0.15) is 0 Å². The lowest BCUT2D eigenvalue weighted by Gasteiger charge is -2.19. The fourth-order valence-corrected chi connectivity index (χ4v) is 6.49. The van der Waals surface area contributed by atoms with Crippen LogP contribution in [0.2, 0.25) is 0 Å². The monoisotopic (exact) mass is 748 g/mol. The van der Waals surface area contributed by atoms with Gasteiger partial charge in [0, 0.05) is 20.8 Å². The molecule has 30 heavy (non-hydrogen) atoms. The Bertz CT molecular complexity index is 1010. The molecule has 0 aromatic heterocycles. The molecule has 2 aromatic carbocycles. The number of benzene rings is 2. The van der Waals surface area contributed by atoms with Crippen LogP contribution < -0.4 is 20.1 Å². The van der Waals surface area contributed by atoms with Crippen molar-refractivity contribution in [3.8, 4) is 11.5 Å². The predicted molar refractivity (Wildman–Crippen MR) is 136 cm³/mol. The molecule has 158 valence electrons. The zero-order chi connectivity index (χ0) is 22.6. The number of hydrogen-bond acceptors (Lipinski definition) is 6. The van der Waals surface area contributed by atoms with Gasteiger partial charge in [-0.2, -0.15) is 0 Å². The second-order valence-corrected chi connectivity index (χ2v) is 9.10. The van der Waals surface area contributed by atoms with Crippen molar-refractivity contribution in [1.29, 1.82) is 0 Å². The summed E-state index contributed by atoms with van der Waals surface area (Å²) >= 11 is 5.87. The van der Waals surface area contributed by atoms with Gasteiger partial charge in [0.2, 0.25) is 11.8 Å². The minimum Gasteiger partial charge on any atom is -0.423 e.